The number of hydrogen-bond acceptors (Lipinski definition) is 2. The zero-order valence-corrected chi connectivity index (χ0v) is 8.87. The van der Waals surface area contributed by atoms with Gasteiger partial charge in [0.25, 0.3) is 0 Å². The maximum Gasteiger partial charge on any atom is 0.420 e. The molecule has 1 aliphatic rings. The van der Waals surface area contributed by atoms with Crippen LogP contribution in [0.2, 0.25) is 0 Å². The van der Waals surface area contributed by atoms with E-state index < -0.39 is 0 Å². The van der Waals surface area contributed by atoms with Gasteiger partial charge in [0, 0.05) is 6.42 Å². The second-order valence-corrected chi connectivity index (χ2v) is 3.61. The van der Waals surface area contributed by atoms with Crippen molar-refractivity contribution in [2.75, 3.05) is 0 Å². The minimum absolute atomic E-state index is 0.0306. The quantitative estimate of drug-likeness (QED) is 0.563. The summed E-state index contributed by atoms with van der Waals surface area (Å²) in [7, 11) is 0. The SMILES string of the molecule is C=CCC1OC(=O)N(Br)C1CC=C. The molecule has 0 N–H and O–H groups in total. The molecule has 0 aromatic heterocycles. The first kappa shape index (κ1) is 10.3. The second kappa shape index (κ2) is 4.46. The van der Waals surface area contributed by atoms with E-state index in [1.807, 2.05) is 0 Å². The van der Waals surface area contributed by atoms with E-state index in [4.69, 9.17) is 4.74 Å². The van der Waals surface area contributed by atoms with E-state index >= 15 is 0 Å². The molecule has 0 saturated carbocycles. The smallest absolute Gasteiger partial charge is 0.420 e. The molecular formula is C9H12BrNO2. The maximum absolute atomic E-state index is 11.1. The molecule has 13 heavy (non-hydrogen) atoms. The van der Waals surface area contributed by atoms with Crippen LogP contribution in [0.1, 0.15) is 12.8 Å². The standard InChI is InChI=1S/C9H12BrNO2/c1-3-5-7-8(6-4-2)13-9(12)11(7)10/h3-4,7-8H,1-2,5-6H2. The van der Waals surface area contributed by atoms with Gasteiger partial charge in [-0.25, -0.2) is 8.72 Å². The number of ether oxygens (including phenoxy) is 1. The van der Waals surface area contributed by atoms with Crippen LogP contribution in [0, 0.1) is 0 Å². The average Bonchev–Trinajstić information content (AvgIpc) is 2.34. The Balaban J connectivity index is 2.67. The molecule has 0 spiro atoms. The van der Waals surface area contributed by atoms with E-state index in [2.05, 4.69) is 29.3 Å². The van der Waals surface area contributed by atoms with E-state index in [1.54, 1.807) is 12.2 Å². The van der Waals surface area contributed by atoms with Gasteiger partial charge in [-0.1, -0.05) is 12.2 Å². The van der Waals surface area contributed by atoms with E-state index in [9.17, 15) is 4.79 Å². The van der Waals surface area contributed by atoms with Crippen LogP contribution in [-0.4, -0.2) is 22.2 Å². The monoisotopic (exact) mass is 245 g/mol. The molecule has 3 nitrogen and oxygen atoms in total. The number of rotatable bonds is 4. The molecule has 2 unspecified atom stereocenters. The predicted octanol–water partition coefficient (Wildman–Crippen LogP) is 2.64. The summed E-state index contributed by atoms with van der Waals surface area (Å²) in [5, 5.41) is 0. The van der Waals surface area contributed by atoms with E-state index in [0.717, 1.165) is 6.42 Å². The Morgan fingerprint density at radius 1 is 1.46 bits per heavy atom. The number of cyclic esters (lactones) is 1. The number of carbonyl (C=O) groups excluding carboxylic acids is 1. The number of nitrogens with zero attached hydrogens (tertiary/aromatic N) is 1. The van der Waals surface area contributed by atoms with Crippen molar-refractivity contribution in [3.05, 3.63) is 25.3 Å². The minimum atomic E-state index is -0.335. The number of halogens is 1. The highest BCUT2D eigenvalue weighted by atomic mass is 79.9. The molecule has 0 radical (unpaired) electrons. The van der Waals surface area contributed by atoms with Crippen molar-refractivity contribution >= 4 is 22.2 Å². The average molecular weight is 246 g/mol. The lowest BCUT2D eigenvalue weighted by atomic mass is 10.1. The molecule has 72 valence electrons. The summed E-state index contributed by atoms with van der Waals surface area (Å²) in [5.74, 6) is 0. The van der Waals surface area contributed by atoms with Gasteiger partial charge >= 0.3 is 6.09 Å². The van der Waals surface area contributed by atoms with Crippen LogP contribution in [0.25, 0.3) is 0 Å². The van der Waals surface area contributed by atoms with Gasteiger partial charge in [-0.15, -0.1) is 13.2 Å². The predicted molar refractivity (Wildman–Crippen MR) is 54.5 cm³/mol. The van der Waals surface area contributed by atoms with Crippen LogP contribution in [0.15, 0.2) is 25.3 Å². The molecule has 1 aliphatic heterocycles. The fourth-order valence-corrected chi connectivity index (χ4v) is 1.84. The molecule has 0 aromatic rings. The summed E-state index contributed by atoms with van der Waals surface area (Å²) in [6, 6.07) is 0.0306. The molecule has 1 rings (SSSR count). The number of hydrogen-bond donors (Lipinski definition) is 0. The highest BCUT2D eigenvalue weighted by Gasteiger charge is 2.38. The van der Waals surface area contributed by atoms with Crippen LogP contribution >= 0.6 is 16.1 Å². The van der Waals surface area contributed by atoms with Crippen molar-refractivity contribution in [1.82, 2.24) is 3.93 Å². The van der Waals surface area contributed by atoms with Crippen LogP contribution < -0.4 is 0 Å². The van der Waals surface area contributed by atoms with E-state index in [1.165, 1.54) is 3.93 Å². The lowest BCUT2D eigenvalue weighted by Crippen LogP contribution is -2.28. The second-order valence-electron chi connectivity index (χ2n) is 2.85. The Labute approximate surface area is 86.4 Å². The highest BCUT2D eigenvalue weighted by molar-refractivity contribution is 9.07. The first-order valence-electron chi connectivity index (χ1n) is 4.08. The van der Waals surface area contributed by atoms with Gasteiger partial charge in [0.05, 0.1) is 22.2 Å². The molecule has 0 aromatic carbocycles. The highest BCUT2D eigenvalue weighted by Crippen LogP contribution is 2.27. The fraction of sp³-hybridized carbons (Fsp3) is 0.444. The van der Waals surface area contributed by atoms with Gasteiger partial charge in [0.2, 0.25) is 0 Å². The number of amides is 1. The molecule has 1 saturated heterocycles. The van der Waals surface area contributed by atoms with E-state index in [0.29, 0.717) is 6.42 Å². The molecule has 1 heterocycles. The van der Waals surface area contributed by atoms with Crippen LogP contribution in [0.3, 0.4) is 0 Å². The van der Waals surface area contributed by atoms with Crippen molar-refractivity contribution in [2.45, 2.75) is 25.0 Å². The lowest BCUT2D eigenvalue weighted by Gasteiger charge is -2.16. The maximum atomic E-state index is 11.1. The van der Waals surface area contributed by atoms with Crippen LogP contribution in [0.4, 0.5) is 4.79 Å². The lowest BCUT2D eigenvalue weighted by molar-refractivity contribution is 0.132. The summed E-state index contributed by atoms with van der Waals surface area (Å²) >= 11 is 3.16. The van der Waals surface area contributed by atoms with Gasteiger partial charge < -0.3 is 4.74 Å². The molecular weight excluding hydrogens is 234 g/mol. The summed E-state index contributed by atoms with van der Waals surface area (Å²) in [4.78, 5) is 11.1. The van der Waals surface area contributed by atoms with Gasteiger partial charge in [-0.05, 0) is 6.42 Å². The normalized spacial score (nSPS) is 27.2. The summed E-state index contributed by atoms with van der Waals surface area (Å²) in [5.41, 5.74) is 0. The summed E-state index contributed by atoms with van der Waals surface area (Å²) in [6.45, 7) is 7.26. The van der Waals surface area contributed by atoms with Crippen molar-refractivity contribution in [3.8, 4) is 0 Å². The van der Waals surface area contributed by atoms with Crippen molar-refractivity contribution in [1.29, 1.82) is 0 Å². The topological polar surface area (TPSA) is 29.5 Å². The number of carbonyl (C=O) groups is 1. The van der Waals surface area contributed by atoms with Gasteiger partial charge in [0.1, 0.15) is 6.10 Å². The first-order valence-corrected chi connectivity index (χ1v) is 4.79. The Morgan fingerprint density at radius 2 is 2.08 bits per heavy atom. The third-order valence-electron chi connectivity index (χ3n) is 1.95. The summed E-state index contributed by atoms with van der Waals surface area (Å²) < 4.78 is 6.53. The van der Waals surface area contributed by atoms with Crippen molar-refractivity contribution in [2.24, 2.45) is 0 Å². The molecule has 0 bridgehead atoms. The first-order chi connectivity index (χ1) is 6.20. The van der Waals surface area contributed by atoms with Gasteiger partial charge in [0.15, 0.2) is 0 Å². The Hall–Kier alpha value is -0.770. The Bertz CT molecular complexity index is 230. The fourth-order valence-electron chi connectivity index (χ4n) is 1.32. The van der Waals surface area contributed by atoms with Crippen molar-refractivity contribution in [3.63, 3.8) is 0 Å². The Morgan fingerprint density at radius 3 is 2.62 bits per heavy atom. The van der Waals surface area contributed by atoms with Gasteiger partial charge in [-0.3, -0.25) is 0 Å². The molecule has 1 amide bonds. The van der Waals surface area contributed by atoms with Gasteiger partial charge in [-0.2, -0.15) is 0 Å². The van der Waals surface area contributed by atoms with Crippen LogP contribution in [-0.2, 0) is 4.74 Å². The molecule has 2 atom stereocenters. The van der Waals surface area contributed by atoms with Crippen LogP contribution in [0.5, 0.6) is 0 Å². The summed E-state index contributed by atoms with van der Waals surface area (Å²) in [6.07, 6.45) is 4.47. The van der Waals surface area contributed by atoms with E-state index in [-0.39, 0.29) is 18.2 Å². The Kier molecular flexibility index (Phi) is 3.54. The molecule has 1 fully saturated rings. The third kappa shape index (κ3) is 2.12. The largest absolute Gasteiger partial charge is 0.443 e. The third-order valence-corrected chi connectivity index (χ3v) is 2.77. The zero-order chi connectivity index (χ0) is 9.84. The zero-order valence-electron chi connectivity index (χ0n) is 7.28. The minimum Gasteiger partial charge on any atom is -0.443 e. The molecule has 0 aliphatic carbocycles. The molecule has 4 heteroatoms. The van der Waals surface area contributed by atoms with Crippen molar-refractivity contribution < 1.29 is 9.53 Å².